The molecule has 1 saturated heterocycles. The number of likely N-dealkylation sites (tertiary alicyclic amines) is 1. The van der Waals surface area contributed by atoms with Crippen molar-refractivity contribution in [1.82, 2.24) is 9.80 Å². The second kappa shape index (κ2) is 13.9. The van der Waals surface area contributed by atoms with Crippen LogP contribution in [0.5, 0.6) is 0 Å². The Bertz CT molecular complexity index is 1680. The number of allylic oxidation sites excluding steroid dienone is 5. The van der Waals surface area contributed by atoms with Crippen LogP contribution >= 0.6 is 0 Å². The smallest absolute Gasteiger partial charge is 0.306 e. The number of carbonyl (C=O) groups is 3. The minimum absolute atomic E-state index is 0.0123. The molecule has 0 radical (unpaired) electrons. The Morgan fingerprint density at radius 3 is 2.27 bits per heavy atom. The number of amides is 1. The number of hydrogen-bond donors (Lipinski definition) is 2. The van der Waals surface area contributed by atoms with E-state index in [1.807, 2.05) is 4.90 Å². The lowest BCUT2D eigenvalue weighted by Crippen LogP contribution is -2.65. The molecular weight excluding hydrogens is 685 g/mol. The molecule has 8 aliphatic rings. The van der Waals surface area contributed by atoms with E-state index >= 15 is 0 Å². The second-order valence-corrected chi connectivity index (χ2v) is 21.7. The highest BCUT2D eigenvalue weighted by atomic mass is 16.4. The molecular formula is C48H72N2O5. The van der Waals surface area contributed by atoms with Gasteiger partial charge in [-0.25, -0.2) is 0 Å². The van der Waals surface area contributed by atoms with Crippen molar-refractivity contribution in [3.8, 4) is 0 Å². The van der Waals surface area contributed by atoms with Gasteiger partial charge < -0.3 is 15.1 Å². The molecule has 2 N–H and O–H groups in total. The first-order valence-electron chi connectivity index (χ1n) is 22.5. The van der Waals surface area contributed by atoms with Gasteiger partial charge in [0.1, 0.15) is 0 Å². The zero-order valence-electron chi connectivity index (χ0n) is 35.4. The van der Waals surface area contributed by atoms with Crippen LogP contribution in [0.25, 0.3) is 0 Å². The number of rotatable bonds is 10. The molecule has 4 saturated carbocycles. The van der Waals surface area contributed by atoms with Crippen molar-refractivity contribution in [2.75, 3.05) is 32.7 Å². The molecule has 0 spiro atoms. The summed E-state index contributed by atoms with van der Waals surface area (Å²) in [5.41, 5.74) is 4.87. The average Bonchev–Trinajstić information content (AvgIpc) is 3.68. The Balaban J connectivity index is 1.09. The number of aliphatic carboxylic acids is 1. The Morgan fingerprint density at radius 2 is 1.64 bits per heavy atom. The van der Waals surface area contributed by atoms with Crippen molar-refractivity contribution >= 4 is 17.7 Å². The van der Waals surface area contributed by atoms with E-state index in [1.165, 1.54) is 29.6 Å². The molecule has 1 unspecified atom stereocenters. The molecule has 8 rings (SSSR count). The number of nitrogens with zero attached hydrogens (tertiary/aromatic N) is 2. The second-order valence-electron chi connectivity index (χ2n) is 21.7. The summed E-state index contributed by atoms with van der Waals surface area (Å²) in [6.45, 7) is 20.6. The monoisotopic (exact) mass is 757 g/mol. The van der Waals surface area contributed by atoms with Crippen molar-refractivity contribution in [1.29, 1.82) is 0 Å². The van der Waals surface area contributed by atoms with Gasteiger partial charge in [-0.2, -0.15) is 0 Å². The number of carboxylic acids is 1. The summed E-state index contributed by atoms with van der Waals surface area (Å²) in [5.74, 6) is 1.49. The molecule has 0 aromatic carbocycles. The van der Waals surface area contributed by atoms with Crippen molar-refractivity contribution in [2.45, 2.75) is 151 Å². The Kier molecular flexibility index (Phi) is 10.0. The minimum atomic E-state index is -0.741. The third-order valence-corrected chi connectivity index (χ3v) is 18.3. The molecule has 7 nitrogen and oxygen atoms in total. The van der Waals surface area contributed by atoms with Crippen LogP contribution < -0.4 is 0 Å². The van der Waals surface area contributed by atoms with E-state index in [9.17, 15) is 24.6 Å². The summed E-state index contributed by atoms with van der Waals surface area (Å²) in [4.78, 5) is 44.2. The topological polar surface area (TPSA) is 98.2 Å². The fourth-order valence-corrected chi connectivity index (χ4v) is 15.1. The molecule has 1 amide bonds. The highest BCUT2D eigenvalue weighted by Crippen LogP contribution is 2.77. The van der Waals surface area contributed by atoms with Gasteiger partial charge in [0.25, 0.3) is 0 Å². The van der Waals surface area contributed by atoms with Crippen LogP contribution in [0.3, 0.4) is 0 Å². The first kappa shape index (κ1) is 39.6. The summed E-state index contributed by atoms with van der Waals surface area (Å²) >= 11 is 0. The molecule has 55 heavy (non-hydrogen) atoms. The van der Waals surface area contributed by atoms with Crippen LogP contribution in [0.15, 0.2) is 34.4 Å². The molecule has 1 heterocycles. The standard InChI is InChI=1S/C48H72N2O5/c1-30(2)41-36(51)26-48(39(52)28-50(27-31-10-11-31)40(53)29-49-24-8-9-25-49)23-22-46(6)35(42(41)48)16-17-38-45(5)20-18-34(32-12-14-33(15-13-32)43(54)55)44(3,4)37(45)19-21-47(38,46)7/h12,18,30-31,33,35,37-39,52H,8-11,13-17,19-29H2,1-7H3,(H,54,55)/t33?,35-,37+,38-,39+,45+,46-,47-,48+/m1/s1. The van der Waals surface area contributed by atoms with Crippen molar-refractivity contribution < 1.29 is 24.6 Å². The fourth-order valence-electron chi connectivity index (χ4n) is 15.1. The number of aliphatic hydroxyl groups excluding tert-OH is 1. The summed E-state index contributed by atoms with van der Waals surface area (Å²) < 4.78 is 0. The average molecular weight is 757 g/mol. The molecule has 9 atom stereocenters. The van der Waals surface area contributed by atoms with Crippen LogP contribution in [0, 0.1) is 62.6 Å². The van der Waals surface area contributed by atoms with Gasteiger partial charge in [-0.15, -0.1) is 0 Å². The van der Waals surface area contributed by atoms with Crippen molar-refractivity contribution in [3.63, 3.8) is 0 Å². The van der Waals surface area contributed by atoms with Gasteiger partial charge in [-0.05, 0) is 171 Å². The summed E-state index contributed by atoms with van der Waals surface area (Å²) in [5, 5.41) is 22.3. The fraction of sp³-hybridized carbons (Fsp3) is 0.812. The molecule has 304 valence electrons. The van der Waals surface area contributed by atoms with Crippen LogP contribution in [0.1, 0.15) is 145 Å². The van der Waals surface area contributed by atoms with E-state index in [0.717, 1.165) is 95.8 Å². The van der Waals surface area contributed by atoms with E-state index in [4.69, 9.17) is 0 Å². The highest BCUT2D eigenvalue weighted by Gasteiger charge is 2.70. The van der Waals surface area contributed by atoms with Gasteiger partial charge in [0.05, 0.1) is 18.6 Å². The van der Waals surface area contributed by atoms with Gasteiger partial charge in [0, 0.05) is 24.9 Å². The molecule has 5 fully saturated rings. The van der Waals surface area contributed by atoms with Gasteiger partial charge in [0.2, 0.25) is 5.91 Å². The Hall–Kier alpha value is -2.25. The number of ketones is 1. The maximum Gasteiger partial charge on any atom is 0.306 e. The first-order valence-corrected chi connectivity index (χ1v) is 22.5. The zero-order valence-corrected chi connectivity index (χ0v) is 35.4. The van der Waals surface area contributed by atoms with Gasteiger partial charge in [-0.3, -0.25) is 19.3 Å². The largest absolute Gasteiger partial charge is 0.481 e. The Labute approximate surface area is 331 Å². The van der Waals surface area contributed by atoms with Crippen molar-refractivity contribution in [2.24, 2.45) is 62.6 Å². The number of hydrogen-bond acceptors (Lipinski definition) is 5. The quantitative estimate of drug-likeness (QED) is 0.231. The molecule has 7 heteroatoms. The van der Waals surface area contributed by atoms with E-state index in [0.29, 0.717) is 43.7 Å². The zero-order chi connectivity index (χ0) is 39.3. The van der Waals surface area contributed by atoms with Crippen molar-refractivity contribution in [3.05, 3.63) is 34.4 Å². The molecule has 7 aliphatic carbocycles. The lowest BCUT2D eigenvalue weighted by atomic mass is 9.33. The third kappa shape index (κ3) is 6.20. The van der Waals surface area contributed by atoms with E-state index in [-0.39, 0.29) is 51.1 Å². The minimum Gasteiger partial charge on any atom is -0.481 e. The predicted octanol–water partition coefficient (Wildman–Crippen LogP) is 9.01. The number of carbonyl (C=O) groups excluding carboxylic acids is 2. The summed E-state index contributed by atoms with van der Waals surface area (Å²) in [6, 6.07) is 0. The van der Waals surface area contributed by atoms with Gasteiger partial charge in [0.15, 0.2) is 5.78 Å². The molecule has 1 aliphatic heterocycles. The SMILES string of the molecule is CC(C)C1=C2[C@H]3CC[C@@H]4[C@@]5(C)CC=C(C6=CCC(C(=O)O)CC6)C(C)(C)[C@@H]5CC[C@@]4(C)[C@]3(C)CC[C@@]2([C@@H](O)CN(CC2CC2)C(=O)CN2CCCC2)CC1=O. The Morgan fingerprint density at radius 1 is 0.909 bits per heavy atom. The summed E-state index contributed by atoms with van der Waals surface area (Å²) in [6.07, 6.45) is 18.8. The number of Topliss-reactive ketones (excluding diaryl/α,β-unsaturated/α-hetero) is 1. The third-order valence-electron chi connectivity index (χ3n) is 18.3. The molecule has 0 bridgehead atoms. The number of fused-ring (bicyclic) bond motifs is 7. The maximum absolute atomic E-state index is 14.3. The molecule has 0 aromatic rings. The normalized spacial score (nSPS) is 40.5. The maximum atomic E-state index is 14.3. The van der Waals surface area contributed by atoms with Gasteiger partial charge >= 0.3 is 5.97 Å². The van der Waals surface area contributed by atoms with E-state index in [1.54, 1.807) is 0 Å². The van der Waals surface area contributed by atoms with E-state index in [2.05, 4.69) is 65.5 Å². The number of carboxylic acid groups (broad SMARTS) is 1. The molecule has 0 aromatic heterocycles. The number of aliphatic hydroxyl groups is 1. The van der Waals surface area contributed by atoms with Crippen LogP contribution in [0.2, 0.25) is 0 Å². The van der Waals surface area contributed by atoms with Gasteiger partial charge in [-0.1, -0.05) is 66.2 Å². The lowest BCUT2D eigenvalue weighted by Gasteiger charge is -2.71. The lowest BCUT2D eigenvalue weighted by molar-refractivity contribution is -0.202. The predicted molar refractivity (Wildman–Crippen MR) is 217 cm³/mol. The summed E-state index contributed by atoms with van der Waals surface area (Å²) in [7, 11) is 0. The van der Waals surface area contributed by atoms with Crippen LogP contribution in [-0.4, -0.2) is 76.5 Å². The van der Waals surface area contributed by atoms with Crippen LogP contribution in [0.4, 0.5) is 0 Å². The highest BCUT2D eigenvalue weighted by molar-refractivity contribution is 6.00. The van der Waals surface area contributed by atoms with E-state index < -0.39 is 17.5 Å². The van der Waals surface area contributed by atoms with Crippen LogP contribution in [-0.2, 0) is 14.4 Å². The first-order chi connectivity index (χ1) is 26.0.